The Morgan fingerprint density at radius 2 is 2.06 bits per heavy atom. The van der Waals surface area contributed by atoms with Crippen LogP contribution in [-0.2, 0) is 4.79 Å². The van der Waals surface area contributed by atoms with Gasteiger partial charge in [0.2, 0.25) is 0 Å². The molecule has 2 heterocycles. The van der Waals surface area contributed by atoms with Gasteiger partial charge in [-0.3, -0.25) is 19.8 Å². The number of nitrogens with two attached hydrogens (primary N) is 1. The highest BCUT2D eigenvalue weighted by molar-refractivity contribution is 8.00. The first-order chi connectivity index (χ1) is 15.3. The van der Waals surface area contributed by atoms with Crippen molar-refractivity contribution in [2.75, 3.05) is 11.2 Å². The van der Waals surface area contributed by atoms with Crippen LogP contribution in [0.2, 0.25) is 0 Å². The third-order valence-corrected chi connectivity index (χ3v) is 8.12. The van der Waals surface area contributed by atoms with Gasteiger partial charge in [0.1, 0.15) is 5.82 Å². The Morgan fingerprint density at radius 3 is 2.72 bits per heavy atom. The maximum Gasteiger partial charge on any atom is 0.271 e. The molecule has 2 aliphatic rings. The number of nitriles is 1. The second kappa shape index (κ2) is 8.45. The number of nitro benzene ring substituents is 1. The number of allylic oxidation sites excluding steroid dienone is 3. The third kappa shape index (κ3) is 3.49. The van der Waals surface area contributed by atoms with E-state index in [-0.39, 0.29) is 17.3 Å². The van der Waals surface area contributed by atoms with E-state index < -0.39 is 10.8 Å². The molecular formula is C23H22N4O3S2. The lowest BCUT2D eigenvalue weighted by Crippen LogP contribution is -2.39. The zero-order valence-corrected chi connectivity index (χ0v) is 19.6. The van der Waals surface area contributed by atoms with Crippen LogP contribution in [0.4, 0.5) is 11.4 Å². The van der Waals surface area contributed by atoms with Crippen LogP contribution in [0.1, 0.15) is 41.2 Å². The number of carbonyl (C=O) groups is 1. The minimum atomic E-state index is -0.523. The summed E-state index contributed by atoms with van der Waals surface area (Å²) in [6.07, 6.45) is 3.67. The summed E-state index contributed by atoms with van der Waals surface area (Å²) in [6, 6.07) is 8.86. The van der Waals surface area contributed by atoms with Crippen LogP contribution in [0, 0.1) is 35.3 Å². The maximum atomic E-state index is 13.3. The van der Waals surface area contributed by atoms with Crippen LogP contribution in [-0.4, -0.2) is 17.0 Å². The topological polar surface area (TPSA) is 113 Å². The number of rotatable bonds is 4. The second-order valence-corrected chi connectivity index (χ2v) is 10.2. The standard InChI is InChI=1S/C23H22N4O3S2/c1-12-7-8-14(27(29)30)10-18(12)26-17-5-4-6-19(28)21(17)20(16(11-24)22(26)25)15-9-13(2)32-23(15)31-3/h7-10,20H,4-6,25H2,1-3H3/t20-/m0/s1. The molecule has 0 spiro atoms. The first-order valence-electron chi connectivity index (χ1n) is 10.1. The average Bonchev–Trinajstić information content (AvgIpc) is 3.14. The van der Waals surface area contributed by atoms with Crippen LogP contribution in [0.3, 0.4) is 0 Å². The van der Waals surface area contributed by atoms with Crippen LogP contribution >= 0.6 is 23.1 Å². The molecule has 2 aromatic rings. The molecule has 0 fully saturated rings. The number of nitrogens with zero attached hydrogens (tertiary/aromatic N) is 3. The van der Waals surface area contributed by atoms with Crippen LogP contribution in [0.15, 0.2) is 51.1 Å². The van der Waals surface area contributed by atoms with E-state index in [1.165, 1.54) is 12.1 Å². The van der Waals surface area contributed by atoms with Crippen molar-refractivity contribution in [2.45, 2.75) is 43.2 Å². The van der Waals surface area contributed by atoms with Crippen molar-refractivity contribution in [3.8, 4) is 6.07 Å². The number of nitro groups is 1. The summed E-state index contributed by atoms with van der Waals surface area (Å²) in [6.45, 7) is 3.84. The Labute approximate surface area is 194 Å². The number of hydrogen-bond acceptors (Lipinski definition) is 8. The second-order valence-electron chi connectivity index (χ2n) is 7.85. The van der Waals surface area contributed by atoms with E-state index in [0.29, 0.717) is 36.1 Å². The van der Waals surface area contributed by atoms with Gasteiger partial charge in [-0.25, -0.2) is 0 Å². The van der Waals surface area contributed by atoms with Gasteiger partial charge in [0.05, 0.1) is 32.4 Å². The fraction of sp³-hybridized carbons (Fsp3) is 0.304. The van der Waals surface area contributed by atoms with E-state index in [0.717, 1.165) is 25.9 Å². The minimum absolute atomic E-state index is 0.000454. The first-order valence-corrected chi connectivity index (χ1v) is 12.2. The van der Waals surface area contributed by atoms with Crippen LogP contribution < -0.4 is 10.6 Å². The summed E-state index contributed by atoms with van der Waals surface area (Å²) in [5.74, 6) is -0.295. The highest BCUT2D eigenvalue weighted by Crippen LogP contribution is 2.50. The van der Waals surface area contributed by atoms with Gasteiger partial charge >= 0.3 is 0 Å². The summed E-state index contributed by atoms with van der Waals surface area (Å²) in [5.41, 5.74) is 10.4. The van der Waals surface area contributed by atoms with Gasteiger partial charge in [-0.2, -0.15) is 5.26 Å². The van der Waals surface area contributed by atoms with Gasteiger partial charge in [-0.05, 0) is 50.1 Å². The van der Waals surface area contributed by atoms with Crippen molar-refractivity contribution in [2.24, 2.45) is 5.73 Å². The largest absolute Gasteiger partial charge is 0.384 e. The quantitative estimate of drug-likeness (QED) is 0.369. The zero-order chi connectivity index (χ0) is 23.2. The van der Waals surface area contributed by atoms with E-state index in [4.69, 9.17) is 5.73 Å². The number of anilines is 1. The van der Waals surface area contributed by atoms with Crippen LogP contribution in [0.25, 0.3) is 0 Å². The molecule has 0 radical (unpaired) electrons. The number of thioether (sulfide) groups is 1. The Balaban J connectivity index is 2.02. The van der Waals surface area contributed by atoms with E-state index in [2.05, 4.69) is 6.07 Å². The summed E-state index contributed by atoms with van der Waals surface area (Å²) in [7, 11) is 0. The van der Waals surface area contributed by atoms with Crippen LogP contribution in [0.5, 0.6) is 0 Å². The smallest absolute Gasteiger partial charge is 0.271 e. The fourth-order valence-electron chi connectivity index (χ4n) is 4.50. The van der Waals surface area contributed by atoms with Gasteiger partial charge in [0.15, 0.2) is 5.78 Å². The fourth-order valence-corrected chi connectivity index (χ4v) is 6.41. The number of non-ortho nitro benzene ring substituents is 1. The number of thiophene rings is 1. The molecule has 0 bridgehead atoms. The summed E-state index contributed by atoms with van der Waals surface area (Å²) in [4.78, 5) is 27.0. The molecule has 1 aromatic carbocycles. The van der Waals surface area contributed by atoms with Gasteiger partial charge in [0, 0.05) is 34.7 Å². The summed E-state index contributed by atoms with van der Waals surface area (Å²) >= 11 is 3.23. The van der Waals surface area contributed by atoms with E-state index in [1.807, 2.05) is 26.2 Å². The van der Waals surface area contributed by atoms with Gasteiger partial charge in [0.25, 0.3) is 5.69 Å². The maximum absolute atomic E-state index is 13.3. The van der Waals surface area contributed by atoms with Gasteiger partial charge < -0.3 is 5.73 Å². The Morgan fingerprint density at radius 1 is 1.31 bits per heavy atom. The first kappa shape index (κ1) is 22.1. The monoisotopic (exact) mass is 466 g/mol. The lowest BCUT2D eigenvalue weighted by atomic mass is 9.76. The predicted molar refractivity (Wildman–Crippen MR) is 127 cm³/mol. The Kier molecular flexibility index (Phi) is 5.84. The molecule has 1 aromatic heterocycles. The number of aryl methyl sites for hydroxylation is 2. The number of hydrogen-bond donors (Lipinski definition) is 1. The molecule has 2 N–H and O–H groups in total. The van der Waals surface area contributed by atoms with Crippen molar-refractivity contribution >= 4 is 40.3 Å². The molecule has 164 valence electrons. The van der Waals surface area contributed by atoms with Gasteiger partial charge in [-0.1, -0.05) is 6.07 Å². The van der Waals surface area contributed by atoms with Crippen molar-refractivity contribution in [1.29, 1.82) is 5.26 Å². The highest BCUT2D eigenvalue weighted by Gasteiger charge is 2.42. The molecule has 4 rings (SSSR count). The molecule has 0 unspecified atom stereocenters. The zero-order valence-electron chi connectivity index (χ0n) is 18.0. The normalized spacial score (nSPS) is 18.6. The molecular weight excluding hydrogens is 444 g/mol. The third-order valence-electron chi connectivity index (χ3n) is 5.90. The lowest BCUT2D eigenvalue weighted by Gasteiger charge is -2.40. The number of Topliss-reactive ketones (excluding diaryl/α,β-unsaturated/α-hetero) is 1. The van der Waals surface area contributed by atoms with Crippen molar-refractivity contribution < 1.29 is 9.72 Å². The highest BCUT2D eigenvalue weighted by atomic mass is 32.2. The van der Waals surface area contributed by atoms with Crippen molar-refractivity contribution in [3.05, 3.63) is 73.0 Å². The number of benzene rings is 1. The van der Waals surface area contributed by atoms with Crippen molar-refractivity contribution in [1.82, 2.24) is 0 Å². The molecule has 0 saturated heterocycles. The lowest BCUT2D eigenvalue weighted by molar-refractivity contribution is -0.384. The number of carbonyl (C=O) groups excluding carboxylic acids is 1. The van der Waals surface area contributed by atoms with E-state index in [9.17, 15) is 20.2 Å². The molecule has 1 aliphatic carbocycles. The SMILES string of the molecule is CSc1sc(C)cc1[C@H]1C(C#N)=C(N)N(c2cc([N+](=O)[O-])ccc2C)C2=C1C(=O)CCC2. The van der Waals surface area contributed by atoms with Gasteiger partial charge in [-0.15, -0.1) is 23.1 Å². The van der Waals surface area contributed by atoms with Crippen molar-refractivity contribution in [3.63, 3.8) is 0 Å². The average molecular weight is 467 g/mol. The molecule has 1 atom stereocenters. The molecule has 7 nitrogen and oxygen atoms in total. The molecule has 0 amide bonds. The minimum Gasteiger partial charge on any atom is -0.384 e. The molecule has 32 heavy (non-hydrogen) atoms. The number of ketones is 1. The molecule has 1 aliphatic heterocycles. The molecule has 9 heteroatoms. The van der Waals surface area contributed by atoms with E-state index >= 15 is 0 Å². The Hall–Kier alpha value is -3.09. The molecule has 0 saturated carbocycles. The van der Waals surface area contributed by atoms with E-state index in [1.54, 1.807) is 34.1 Å². The Bertz CT molecular complexity index is 1250. The summed E-state index contributed by atoms with van der Waals surface area (Å²) in [5, 5.41) is 21.6. The predicted octanol–water partition coefficient (Wildman–Crippen LogP) is 5.30. The summed E-state index contributed by atoms with van der Waals surface area (Å²) < 4.78 is 1.05.